The molecule has 2 rings (SSSR count). The SMILES string of the molecule is CCCc1noc(C(C)OC(=O)c2cc(C(=O)OCC)cc([N+](=O)[O-])c2)n1. The van der Waals surface area contributed by atoms with Gasteiger partial charge in [-0.05, 0) is 26.3 Å². The second kappa shape index (κ2) is 8.88. The lowest BCUT2D eigenvalue weighted by atomic mass is 10.1. The zero-order valence-electron chi connectivity index (χ0n) is 15.1. The van der Waals surface area contributed by atoms with Gasteiger partial charge in [0.05, 0.1) is 22.7 Å². The van der Waals surface area contributed by atoms with Crippen LogP contribution < -0.4 is 0 Å². The number of nitro benzene ring substituents is 1. The number of carbonyl (C=O) groups is 2. The molecule has 0 amide bonds. The largest absolute Gasteiger partial charge is 0.462 e. The molecule has 1 unspecified atom stereocenters. The molecule has 0 spiro atoms. The third-order valence-corrected chi connectivity index (χ3v) is 3.46. The first-order valence-electron chi connectivity index (χ1n) is 8.35. The average Bonchev–Trinajstić information content (AvgIpc) is 3.10. The van der Waals surface area contributed by atoms with E-state index in [2.05, 4.69) is 10.1 Å². The van der Waals surface area contributed by atoms with E-state index in [0.29, 0.717) is 12.2 Å². The Hall–Kier alpha value is -3.30. The summed E-state index contributed by atoms with van der Waals surface area (Å²) in [5.41, 5.74) is -0.704. The number of rotatable bonds is 8. The number of hydrogen-bond acceptors (Lipinski definition) is 9. The first-order chi connectivity index (χ1) is 12.8. The van der Waals surface area contributed by atoms with Crippen molar-refractivity contribution in [3.05, 3.63) is 51.2 Å². The van der Waals surface area contributed by atoms with Crippen LogP contribution in [-0.2, 0) is 15.9 Å². The maximum absolute atomic E-state index is 12.4. The molecule has 144 valence electrons. The fourth-order valence-corrected chi connectivity index (χ4v) is 2.20. The topological polar surface area (TPSA) is 135 Å². The molecule has 0 saturated carbocycles. The summed E-state index contributed by atoms with van der Waals surface area (Å²) in [6, 6.07) is 3.23. The van der Waals surface area contributed by atoms with Crippen molar-refractivity contribution < 1.29 is 28.5 Å². The molecule has 2 aromatic rings. The molecule has 1 atom stereocenters. The van der Waals surface area contributed by atoms with E-state index in [0.717, 1.165) is 18.6 Å². The zero-order valence-corrected chi connectivity index (χ0v) is 15.1. The summed E-state index contributed by atoms with van der Waals surface area (Å²) in [5.74, 6) is -1.03. The van der Waals surface area contributed by atoms with Gasteiger partial charge in [-0.1, -0.05) is 12.1 Å². The summed E-state index contributed by atoms with van der Waals surface area (Å²) >= 11 is 0. The van der Waals surface area contributed by atoms with E-state index in [1.54, 1.807) is 6.92 Å². The van der Waals surface area contributed by atoms with Crippen LogP contribution in [-0.4, -0.2) is 33.6 Å². The maximum atomic E-state index is 12.4. The number of ether oxygens (including phenoxy) is 2. The van der Waals surface area contributed by atoms with Crippen LogP contribution in [0.15, 0.2) is 22.7 Å². The lowest BCUT2D eigenvalue weighted by molar-refractivity contribution is -0.384. The highest BCUT2D eigenvalue weighted by Gasteiger charge is 2.23. The van der Waals surface area contributed by atoms with Crippen molar-refractivity contribution in [3.8, 4) is 0 Å². The van der Waals surface area contributed by atoms with Crippen molar-refractivity contribution in [1.29, 1.82) is 0 Å². The third kappa shape index (κ3) is 5.09. The molecule has 0 bridgehead atoms. The average molecular weight is 377 g/mol. The Kier molecular flexibility index (Phi) is 6.58. The predicted octanol–water partition coefficient (Wildman–Crippen LogP) is 3.03. The van der Waals surface area contributed by atoms with Gasteiger partial charge in [0.15, 0.2) is 11.9 Å². The van der Waals surface area contributed by atoms with E-state index in [1.165, 1.54) is 13.0 Å². The van der Waals surface area contributed by atoms with Crippen LogP contribution in [0.4, 0.5) is 5.69 Å². The number of aromatic nitrogens is 2. The summed E-state index contributed by atoms with van der Waals surface area (Å²) < 4.78 is 15.1. The third-order valence-electron chi connectivity index (χ3n) is 3.46. The monoisotopic (exact) mass is 377 g/mol. The number of hydrogen-bond donors (Lipinski definition) is 0. The highest BCUT2D eigenvalue weighted by Crippen LogP contribution is 2.22. The Balaban J connectivity index is 2.23. The van der Waals surface area contributed by atoms with Gasteiger partial charge in [-0.15, -0.1) is 0 Å². The Morgan fingerprint density at radius 3 is 2.48 bits per heavy atom. The first-order valence-corrected chi connectivity index (χ1v) is 8.35. The molecule has 0 radical (unpaired) electrons. The van der Waals surface area contributed by atoms with Gasteiger partial charge in [-0.3, -0.25) is 10.1 Å². The smallest absolute Gasteiger partial charge is 0.339 e. The van der Waals surface area contributed by atoms with Crippen molar-refractivity contribution in [1.82, 2.24) is 10.1 Å². The molecule has 1 aromatic carbocycles. The van der Waals surface area contributed by atoms with Crippen LogP contribution in [0.25, 0.3) is 0 Å². The molecule has 0 N–H and O–H groups in total. The van der Waals surface area contributed by atoms with E-state index in [9.17, 15) is 19.7 Å². The Morgan fingerprint density at radius 2 is 1.89 bits per heavy atom. The molecule has 10 heteroatoms. The highest BCUT2D eigenvalue weighted by atomic mass is 16.6. The number of benzene rings is 1. The van der Waals surface area contributed by atoms with Crippen molar-refractivity contribution in [3.63, 3.8) is 0 Å². The number of carbonyl (C=O) groups excluding carboxylic acids is 2. The standard InChI is InChI=1S/C17H19N3O7/c1-4-6-14-18-15(27-19-14)10(3)26-17(22)12-7-11(16(21)25-5-2)8-13(9-12)20(23)24/h7-10H,4-6H2,1-3H3. The minimum absolute atomic E-state index is 0.0929. The zero-order chi connectivity index (χ0) is 20.0. The van der Waals surface area contributed by atoms with E-state index < -0.39 is 28.7 Å². The molecule has 0 saturated heterocycles. The van der Waals surface area contributed by atoms with Crippen molar-refractivity contribution in [2.75, 3.05) is 6.61 Å². The lowest BCUT2D eigenvalue weighted by Crippen LogP contribution is -2.12. The molecular weight excluding hydrogens is 358 g/mol. The fraction of sp³-hybridized carbons (Fsp3) is 0.412. The van der Waals surface area contributed by atoms with Crippen molar-refractivity contribution in [2.45, 2.75) is 39.7 Å². The summed E-state index contributed by atoms with van der Waals surface area (Å²) in [6.45, 7) is 5.19. The van der Waals surface area contributed by atoms with E-state index in [4.69, 9.17) is 14.0 Å². The number of nitro groups is 1. The molecule has 0 aliphatic heterocycles. The number of esters is 2. The van der Waals surface area contributed by atoms with Gasteiger partial charge in [0, 0.05) is 18.6 Å². The lowest BCUT2D eigenvalue weighted by Gasteiger charge is -2.10. The second-order valence-corrected chi connectivity index (χ2v) is 5.59. The van der Waals surface area contributed by atoms with E-state index in [1.807, 2.05) is 6.92 Å². The Bertz CT molecular complexity index is 847. The molecular formula is C17H19N3O7. The number of nitrogens with zero attached hydrogens (tertiary/aromatic N) is 3. The molecule has 0 aliphatic rings. The quantitative estimate of drug-likeness (QED) is 0.386. The van der Waals surface area contributed by atoms with Gasteiger partial charge >= 0.3 is 11.9 Å². The highest BCUT2D eigenvalue weighted by molar-refractivity contribution is 5.96. The minimum atomic E-state index is -0.869. The number of aryl methyl sites for hydroxylation is 1. The van der Waals surface area contributed by atoms with Crippen LogP contribution in [0.1, 0.15) is 65.7 Å². The van der Waals surface area contributed by atoms with E-state index >= 15 is 0 Å². The minimum Gasteiger partial charge on any atom is -0.462 e. The normalized spacial score (nSPS) is 11.7. The summed E-state index contributed by atoms with van der Waals surface area (Å²) in [5, 5.41) is 14.9. The maximum Gasteiger partial charge on any atom is 0.339 e. The van der Waals surface area contributed by atoms with Crippen LogP contribution >= 0.6 is 0 Å². The summed E-state index contributed by atoms with van der Waals surface area (Å²) in [6.07, 6.45) is 0.594. The molecule has 1 heterocycles. The molecule has 27 heavy (non-hydrogen) atoms. The van der Waals surface area contributed by atoms with E-state index in [-0.39, 0.29) is 23.6 Å². The molecule has 1 aromatic heterocycles. The van der Waals surface area contributed by atoms with Crippen LogP contribution in [0, 0.1) is 10.1 Å². The van der Waals surface area contributed by atoms with Crippen LogP contribution in [0.3, 0.4) is 0 Å². The van der Waals surface area contributed by atoms with Gasteiger partial charge < -0.3 is 14.0 Å². The fourth-order valence-electron chi connectivity index (χ4n) is 2.20. The first kappa shape index (κ1) is 20.0. The predicted molar refractivity (Wildman–Crippen MR) is 91.2 cm³/mol. The van der Waals surface area contributed by atoms with Gasteiger partial charge in [-0.25, -0.2) is 9.59 Å². The summed E-state index contributed by atoms with van der Waals surface area (Å²) in [4.78, 5) is 38.8. The van der Waals surface area contributed by atoms with Crippen LogP contribution in [0.2, 0.25) is 0 Å². The van der Waals surface area contributed by atoms with Crippen molar-refractivity contribution >= 4 is 17.6 Å². The molecule has 0 fully saturated rings. The second-order valence-electron chi connectivity index (χ2n) is 5.59. The van der Waals surface area contributed by atoms with Crippen LogP contribution in [0.5, 0.6) is 0 Å². The summed E-state index contributed by atoms with van der Waals surface area (Å²) in [7, 11) is 0. The molecule has 0 aliphatic carbocycles. The Morgan fingerprint density at radius 1 is 1.22 bits per heavy atom. The van der Waals surface area contributed by atoms with Gasteiger partial charge in [0.1, 0.15) is 0 Å². The van der Waals surface area contributed by atoms with Crippen molar-refractivity contribution in [2.24, 2.45) is 0 Å². The van der Waals surface area contributed by atoms with Gasteiger partial charge in [0.25, 0.3) is 11.6 Å². The molecule has 10 nitrogen and oxygen atoms in total. The Labute approximate surface area is 154 Å². The van der Waals surface area contributed by atoms with Gasteiger partial charge in [-0.2, -0.15) is 4.98 Å². The number of non-ortho nitro benzene ring substituents is 1. The van der Waals surface area contributed by atoms with Gasteiger partial charge in [0.2, 0.25) is 0 Å².